The zero-order chi connectivity index (χ0) is 19.2. The van der Waals surface area contributed by atoms with E-state index < -0.39 is 5.97 Å². The zero-order valence-corrected chi connectivity index (χ0v) is 14.7. The SMILES string of the molecule is O=C(O)CCc1cccc(NC(=O)c2cccc(NC(=O)NC3CC3)c2)c1. The van der Waals surface area contributed by atoms with Crippen LogP contribution >= 0.6 is 0 Å². The van der Waals surface area contributed by atoms with Gasteiger partial charge >= 0.3 is 12.0 Å². The third-order valence-electron chi connectivity index (χ3n) is 4.11. The van der Waals surface area contributed by atoms with Gasteiger partial charge in [0.1, 0.15) is 0 Å². The van der Waals surface area contributed by atoms with Gasteiger partial charge in [-0.3, -0.25) is 9.59 Å². The summed E-state index contributed by atoms with van der Waals surface area (Å²) < 4.78 is 0. The molecular formula is C20H21N3O4. The summed E-state index contributed by atoms with van der Waals surface area (Å²) >= 11 is 0. The van der Waals surface area contributed by atoms with Crippen molar-refractivity contribution in [1.29, 1.82) is 0 Å². The van der Waals surface area contributed by atoms with Crippen molar-refractivity contribution in [3.63, 3.8) is 0 Å². The molecule has 0 aromatic heterocycles. The maximum atomic E-state index is 12.5. The molecule has 2 aromatic rings. The van der Waals surface area contributed by atoms with Gasteiger partial charge in [-0.15, -0.1) is 0 Å². The summed E-state index contributed by atoms with van der Waals surface area (Å²) in [5.41, 5.74) is 2.38. The molecule has 1 aliphatic carbocycles. The normalized spacial score (nSPS) is 12.9. The van der Waals surface area contributed by atoms with Crippen LogP contribution in [0.3, 0.4) is 0 Å². The molecule has 7 nitrogen and oxygen atoms in total. The molecule has 0 bridgehead atoms. The zero-order valence-electron chi connectivity index (χ0n) is 14.7. The first-order chi connectivity index (χ1) is 13.0. The standard InChI is InChI=1S/C20H21N3O4/c24-18(25)10-7-13-3-1-5-16(11-13)21-19(26)14-4-2-6-17(12-14)23-20(27)22-15-8-9-15/h1-6,11-12,15H,7-10H2,(H,21,26)(H,24,25)(H2,22,23,27). The van der Waals surface area contributed by atoms with Crippen LogP contribution in [-0.2, 0) is 11.2 Å². The van der Waals surface area contributed by atoms with E-state index in [1.54, 1.807) is 42.5 Å². The molecule has 2 aromatic carbocycles. The Bertz CT molecular complexity index is 862. The molecule has 0 unspecified atom stereocenters. The quantitative estimate of drug-likeness (QED) is 0.602. The van der Waals surface area contributed by atoms with Crippen LogP contribution in [-0.4, -0.2) is 29.1 Å². The molecular weight excluding hydrogens is 346 g/mol. The number of hydrogen-bond acceptors (Lipinski definition) is 3. The van der Waals surface area contributed by atoms with Crippen molar-refractivity contribution in [3.8, 4) is 0 Å². The highest BCUT2D eigenvalue weighted by atomic mass is 16.4. The van der Waals surface area contributed by atoms with E-state index >= 15 is 0 Å². The number of carboxylic acids is 1. The van der Waals surface area contributed by atoms with Gasteiger partial charge in [0.2, 0.25) is 0 Å². The number of anilines is 2. The lowest BCUT2D eigenvalue weighted by Gasteiger charge is -2.10. The first kappa shape index (κ1) is 18.4. The van der Waals surface area contributed by atoms with Crippen LogP contribution in [0.4, 0.5) is 16.2 Å². The number of amides is 3. The lowest BCUT2D eigenvalue weighted by Crippen LogP contribution is -2.30. The van der Waals surface area contributed by atoms with Crippen molar-refractivity contribution in [2.24, 2.45) is 0 Å². The van der Waals surface area contributed by atoms with Crippen LogP contribution in [0, 0.1) is 0 Å². The van der Waals surface area contributed by atoms with E-state index in [1.165, 1.54) is 0 Å². The van der Waals surface area contributed by atoms with Crippen LogP contribution in [0.25, 0.3) is 0 Å². The summed E-state index contributed by atoms with van der Waals surface area (Å²) in [6.45, 7) is 0. The summed E-state index contributed by atoms with van der Waals surface area (Å²) in [6.07, 6.45) is 2.44. The topological polar surface area (TPSA) is 108 Å². The number of rotatable bonds is 7. The molecule has 0 aliphatic heterocycles. The Morgan fingerprint density at radius 1 is 0.963 bits per heavy atom. The van der Waals surface area contributed by atoms with E-state index in [2.05, 4.69) is 16.0 Å². The van der Waals surface area contributed by atoms with Gasteiger partial charge in [0.25, 0.3) is 5.91 Å². The fourth-order valence-electron chi connectivity index (χ4n) is 2.58. The molecule has 4 N–H and O–H groups in total. The summed E-state index contributed by atoms with van der Waals surface area (Å²) in [6, 6.07) is 13.8. The van der Waals surface area contributed by atoms with Crippen molar-refractivity contribution in [1.82, 2.24) is 5.32 Å². The average molecular weight is 367 g/mol. The second kappa shape index (κ2) is 8.35. The van der Waals surface area contributed by atoms with E-state index in [0.29, 0.717) is 23.4 Å². The number of hydrogen-bond donors (Lipinski definition) is 4. The van der Waals surface area contributed by atoms with Crippen molar-refractivity contribution in [3.05, 3.63) is 59.7 Å². The van der Waals surface area contributed by atoms with Crippen LogP contribution in [0.15, 0.2) is 48.5 Å². The monoisotopic (exact) mass is 367 g/mol. The Balaban J connectivity index is 1.62. The van der Waals surface area contributed by atoms with E-state index in [0.717, 1.165) is 18.4 Å². The molecule has 1 fully saturated rings. The second-order valence-electron chi connectivity index (χ2n) is 6.50. The first-order valence-corrected chi connectivity index (χ1v) is 8.79. The number of carbonyl (C=O) groups excluding carboxylic acids is 2. The highest BCUT2D eigenvalue weighted by Crippen LogP contribution is 2.19. The minimum Gasteiger partial charge on any atom is -0.481 e. The van der Waals surface area contributed by atoms with Crippen LogP contribution in [0.5, 0.6) is 0 Å². The summed E-state index contributed by atoms with van der Waals surface area (Å²) in [5.74, 6) is -1.17. The number of benzene rings is 2. The van der Waals surface area contributed by atoms with E-state index in [9.17, 15) is 14.4 Å². The van der Waals surface area contributed by atoms with Gasteiger partial charge in [0, 0.05) is 29.4 Å². The Morgan fingerprint density at radius 2 is 1.67 bits per heavy atom. The summed E-state index contributed by atoms with van der Waals surface area (Å²) in [4.78, 5) is 35.0. The van der Waals surface area contributed by atoms with Gasteiger partial charge in [-0.05, 0) is 55.2 Å². The first-order valence-electron chi connectivity index (χ1n) is 8.79. The van der Waals surface area contributed by atoms with E-state index in [4.69, 9.17) is 5.11 Å². The number of urea groups is 1. The average Bonchev–Trinajstić information content (AvgIpc) is 3.44. The second-order valence-corrected chi connectivity index (χ2v) is 6.50. The molecule has 140 valence electrons. The third-order valence-corrected chi connectivity index (χ3v) is 4.11. The summed E-state index contributed by atoms with van der Waals surface area (Å²) in [7, 11) is 0. The molecule has 0 atom stereocenters. The van der Waals surface area contributed by atoms with Crippen molar-refractivity contribution < 1.29 is 19.5 Å². The molecule has 1 aliphatic rings. The smallest absolute Gasteiger partial charge is 0.319 e. The Kier molecular flexibility index (Phi) is 5.71. The van der Waals surface area contributed by atoms with Gasteiger partial charge in [-0.25, -0.2) is 4.79 Å². The van der Waals surface area contributed by atoms with Gasteiger partial charge in [0.15, 0.2) is 0 Å². The van der Waals surface area contributed by atoms with Gasteiger partial charge < -0.3 is 21.1 Å². The van der Waals surface area contributed by atoms with Gasteiger partial charge in [0.05, 0.1) is 0 Å². The predicted octanol–water partition coefficient (Wildman–Crippen LogP) is 3.24. The van der Waals surface area contributed by atoms with Crippen LogP contribution in [0.2, 0.25) is 0 Å². The molecule has 0 spiro atoms. The molecule has 0 saturated heterocycles. The van der Waals surface area contributed by atoms with Crippen molar-refractivity contribution >= 4 is 29.3 Å². The molecule has 0 heterocycles. The molecule has 1 saturated carbocycles. The number of carboxylic acid groups (broad SMARTS) is 1. The molecule has 0 radical (unpaired) electrons. The maximum absolute atomic E-state index is 12.5. The Labute approximate surface area is 156 Å². The van der Waals surface area contributed by atoms with Crippen molar-refractivity contribution in [2.45, 2.75) is 31.7 Å². The number of aryl methyl sites for hydroxylation is 1. The molecule has 3 rings (SSSR count). The highest BCUT2D eigenvalue weighted by Gasteiger charge is 2.23. The number of aliphatic carboxylic acids is 1. The lowest BCUT2D eigenvalue weighted by molar-refractivity contribution is -0.136. The van der Waals surface area contributed by atoms with E-state index in [1.807, 2.05) is 6.07 Å². The Hall–Kier alpha value is -3.35. The minimum absolute atomic E-state index is 0.0357. The van der Waals surface area contributed by atoms with E-state index in [-0.39, 0.29) is 24.4 Å². The predicted molar refractivity (Wildman–Crippen MR) is 102 cm³/mol. The van der Waals surface area contributed by atoms with Gasteiger partial charge in [-0.2, -0.15) is 0 Å². The van der Waals surface area contributed by atoms with Crippen LogP contribution < -0.4 is 16.0 Å². The number of nitrogens with one attached hydrogen (secondary N) is 3. The minimum atomic E-state index is -0.862. The molecule has 27 heavy (non-hydrogen) atoms. The summed E-state index contributed by atoms with van der Waals surface area (Å²) in [5, 5.41) is 17.1. The molecule has 7 heteroatoms. The molecule has 3 amide bonds. The highest BCUT2D eigenvalue weighted by molar-refractivity contribution is 6.05. The maximum Gasteiger partial charge on any atom is 0.319 e. The van der Waals surface area contributed by atoms with Crippen LogP contribution in [0.1, 0.15) is 35.2 Å². The van der Waals surface area contributed by atoms with Gasteiger partial charge in [-0.1, -0.05) is 18.2 Å². The Morgan fingerprint density at radius 3 is 2.37 bits per heavy atom. The fraction of sp³-hybridized carbons (Fsp3) is 0.250. The fourth-order valence-corrected chi connectivity index (χ4v) is 2.58. The largest absolute Gasteiger partial charge is 0.481 e. The third kappa shape index (κ3) is 5.85. The number of carbonyl (C=O) groups is 3. The van der Waals surface area contributed by atoms with Crippen molar-refractivity contribution in [2.75, 3.05) is 10.6 Å². The lowest BCUT2D eigenvalue weighted by atomic mass is 10.1.